The molecule has 0 atom stereocenters. The van der Waals surface area contributed by atoms with Crippen molar-refractivity contribution in [2.45, 2.75) is 18.1 Å². The Balaban J connectivity index is 2.42. The number of rotatable bonds is 4. The van der Waals surface area contributed by atoms with Gasteiger partial charge in [0.15, 0.2) is 0 Å². The Morgan fingerprint density at radius 3 is 2.52 bits per heavy atom. The molecule has 5 nitrogen and oxygen atoms in total. The van der Waals surface area contributed by atoms with Crippen LogP contribution in [0.15, 0.2) is 19.4 Å². The first-order valence-electron chi connectivity index (χ1n) is 5.71. The fourth-order valence-corrected chi connectivity index (χ4v) is 5.92. The molecule has 0 unspecified atom stereocenters. The van der Waals surface area contributed by atoms with Crippen LogP contribution in [0.5, 0.6) is 0 Å². The minimum absolute atomic E-state index is 0.188. The van der Waals surface area contributed by atoms with E-state index in [0.717, 1.165) is 32.0 Å². The fourth-order valence-electron chi connectivity index (χ4n) is 1.56. The van der Waals surface area contributed by atoms with Gasteiger partial charge in [0.25, 0.3) is 10.0 Å². The summed E-state index contributed by atoms with van der Waals surface area (Å²) in [7, 11) is -2.47. The van der Waals surface area contributed by atoms with Crippen molar-refractivity contribution >= 4 is 60.3 Å². The maximum atomic E-state index is 12.4. The largest absolute Gasteiger partial charge is 0.465 e. The van der Waals surface area contributed by atoms with E-state index in [1.807, 2.05) is 6.92 Å². The summed E-state index contributed by atoms with van der Waals surface area (Å²) in [5.74, 6) is -0.561. The average molecular weight is 410 g/mol. The first-order chi connectivity index (χ1) is 9.76. The number of aryl methyl sites for hydroxylation is 2. The Kier molecular flexibility index (Phi) is 4.76. The third-order valence-electron chi connectivity index (χ3n) is 2.68. The molecule has 2 rings (SSSR count). The zero-order valence-electron chi connectivity index (χ0n) is 11.4. The van der Waals surface area contributed by atoms with E-state index in [-0.39, 0.29) is 14.8 Å². The lowest BCUT2D eigenvalue weighted by Crippen LogP contribution is -2.14. The summed E-state index contributed by atoms with van der Waals surface area (Å²) in [6.07, 6.45) is 0. The van der Waals surface area contributed by atoms with Crippen LogP contribution < -0.4 is 4.72 Å². The highest BCUT2D eigenvalue weighted by molar-refractivity contribution is 9.11. The lowest BCUT2D eigenvalue weighted by Gasteiger charge is -2.08. The molecule has 2 heterocycles. The molecule has 0 aliphatic carbocycles. The predicted molar refractivity (Wildman–Crippen MR) is 88.0 cm³/mol. The van der Waals surface area contributed by atoms with Crippen molar-refractivity contribution in [2.24, 2.45) is 0 Å². The van der Waals surface area contributed by atoms with Gasteiger partial charge in [0.1, 0.15) is 9.09 Å². The van der Waals surface area contributed by atoms with Crippen LogP contribution in [0, 0.1) is 13.8 Å². The van der Waals surface area contributed by atoms with Gasteiger partial charge >= 0.3 is 5.97 Å². The number of carbonyl (C=O) groups excluding carboxylic acids is 1. The maximum absolute atomic E-state index is 12.4. The topological polar surface area (TPSA) is 72.5 Å². The summed E-state index contributed by atoms with van der Waals surface area (Å²) < 4.78 is 32.9. The van der Waals surface area contributed by atoms with E-state index >= 15 is 0 Å². The molecule has 9 heteroatoms. The first-order valence-corrected chi connectivity index (χ1v) is 9.68. The van der Waals surface area contributed by atoms with Gasteiger partial charge in [-0.15, -0.1) is 22.7 Å². The molecule has 0 aromatic carbocycles. The van der Waals surface area contributed by atoms with Crippen LogP contribution in [-0.2, 0) is 14.8 Å². The smallest absolute Gasteiger partial charge is 0.350 e. The zero-order valence-corrected chi connectivity index (χ0v) is 15.4. The second-order valence-corrected chi connectivity index (χ2v) is 9.40. The van der Waals surface area contributed by atoms with E-state index in [1.165, 1.54) is 7.11 Å². The van der Waals surface area contributed by atoms with Gasteiger partial charge in [0, 0.05) is 0 Å². The summed E-state index contributed by atoms with van der Waals surface area (Å²) in [4.78, 5) is 11.9. The number of halogens is 1. The molecule has 2 aromatic rings. The number of anilines is 1. The van der Waals surface area contributed by atoms with Gasteiger partial charge in [0.05, 0.1) is 16.6 Å². The number of nitrogens with one attached hydrogen (secondary N) is 1. The Bertz CT molecular complexity index is 772. The maximum Gasteiger partial charge on any atom is 0.350 e. The average Bonchev–Trinajstić information content (AvgIpc) is 2.94. The third-order valence-corrected chi connectivity index (χ3v) is 7.72. The van der Waals surface area contributed by atoms with Crippen molar-refractivity contribution in [1.82, 2.24) is 0 Å². The van der Waals surface area contributed by atoms with Crippen molar-refractivity contribution in [2.75, 3.05) is 11.8 Å². The van der Waals surface area contributed by atoms with Crippen molar-refractivity contribution in [3.05, 3.63) is 31.2 Å². The number of carbonyl (C=O) groups is 1. The van der Waals surface area contributed by atoms with E-state index in [4.69, 9.17) is 0 Å². The standard InChI is InChI=1S/C12H12BrNO4S3/c1-6-4-8(20-11(6)13)21(16,17)14-9-7(2)5-19-10(9)12(15)18-3/h4-5,14H,1-3H3. The van der Waals surface area contributed by atoms with E-state index in [1.54, 1.807) is 18.4 Å². The van der Waals surface area contributed by atoms with Gasteiger partial charge in [-0.05, 0) is 52.4 Å². The molecule has 0 bridgehead atoms. The number of hydrogen-bond acceptors (Lipinski definition) is 6. The SMILES string of the molecule is COC(=O)c1scc(C)c1NS(=O)(=O)c1cc(C)c(Br)s1. The molecule has 0 amide bonds. The van der Waals surface area contributed by atoms with Crippen LogP contribution >= 0.6 is 38.6 Å². The Hall–Kier alpha value is -0.900. The number of hydrogen-bond donors (Lipinski definition) is 1. The van der Waals surface area contributed by atoms with Gasteiger partial charge in [0.2, 0.25) is 0 Å². The molecule has 0 saturated heterocycles. The summed E-state index contributed by atoms with van der Waals surface area (Å²) in [6.45, 7) is 3.55. The molecule has 0 aliphatic heterocycles. The molecule has 2 aromatic heterocycles. The second kappa shape index (κ2) is 6.07. The van der Waals surface area contributed by atoms with Crippen LogP contribution in [0.2, 0.25) is 0 Å². The molecule has 1 N–H and O–H groups in total. The van der Waals surface area contributed by atoms with Crippen LogP contribution in [0.3, 0.4) is 0 Å². The third kappa shape index (κ3) is 3.31. The van der Waals surface area contributed by atoms with Crippen molar-refractivity contribution < 1.29 is 17.9 Å². The first kappa shape index (κ1) is 16.5. The second-order valence-electron chi connectivity index (χ2n) is 4.24. The molecule has 21 heavy (non-hydrogen) atoms. The summed E-state index contributed by atoms with van der Waals surface area (Å²) in [5.41, 5.74) is 1.79. The van der Waals surface area contributed by atoms with E-state index in [0.29, 0.717) is 5.56 Å². The number of sulfonamides is 1. The van der Waals surface area contributed by atoms with Crippen molar-refractivity contribution in [3.63, 3.8) is 0 Å². The zero-order chi connectivity index (χ0) is 15.8. The summed E-state index contributed by atoms with van der Waals surface area (Å²) in [6, 6.07) is 1.58. The minimum Gasteiger partial charge on any atom is -0.465 e. The van der Waals surface area contributed by atoms with Gasteiger partial charge < -0.3 is 4.74 Å². The quantitative estimate of drug-likeness (QED) is 0.779. The van der Waals surface area contributed by atoms with Crippen LogP contribution in [-0.4, -0.2) is 21.5 Å². The van der Waals surface area contributed by atoms with Crippen LogP contribution in [0.1, 0.15) is 20.8 Å². The lowest BCUT2D eigenvalue weighted by atomic mass is 10.3. The van der Waals surface area contributed by atoms with Gasteiger partial charge in [-0.2, -0.15) is 0 Å². The highest BCUT2D eigenvalue weighted by atomic mass is 79.9. The molecule has 114 valence electrons. The van der Waals surface area contributed by atoms with Crippen molar-refractivity contribution in [3.8, 4) is 0 Å². The van der Waals surface area contributed by atoms with Gasteiger partial charge in [-0.25, -0.2) is 13.2 Å². The molecular weight excluding hydrogens is 398 g/mol. The van der Waals surface area contributed by atoms with Gasteiger partial charge in [-0.1, -0.05) is 0 Å². The van der Waals surface area contributed by atoms with E-state index in [9.17, 15) is 13.2 Å². The predicted octanol–water partition coefficient (Wildman–Crippen LogP) is 3.78. The Morgan fingerprint density at radius 1 is 1.33 bits per heavy atom. The van der Waals surface area contributed by atoms with Crippen LogP contribution in [0.25, 0.3) is 0 Å². The van der Waals surface area contributed by atoms with E-state index in [2.05, 4.69) is 25.4 Å². The minimum atomic E-state index is -3.73. The number of thiophene rings is 2. The highest BCUT2D eigenvalue weighted by Crippen LogP contribution is 2.34. The Morgan fingerprint density at radius 2 is 2.00 bits per heavy atom. The summed E-state index contributed by atoms with van der Waals surface area (Å²) in [5, 5.41) is 1.71. The molecular formula is C12H12BrNO4S3. The van der Waals surface area contributed by atoms with Gasteiger partial charge in [-0.3, -0.25) is 4.72 Å². The molecule has 0 saturated carbocycles. The van der Waals surface area contributed by atoms with E-state index < -0.39 is 16.0 Å². The van der Waals surface area contributed by atoms with Crippen molar-refractivity contribution in [1.29, 1.82) is 0 Å². The fraction of sp³-hybridized carbons (Fsp3) is 0.250. The lowest BCUT2D eigenvalue weighted by molar-refractivity contribution is 0.0607. The molecule has 0 spiro atoms. The molecule has 0 aliphatic rings. The normalized spacial score (nSPS) is 11.4. The molecule has 0 radical (unpaired) electrons. The number of methoxy groups -OCH3 is 1. The number of ether oxygens (including phenoxy) is 1. The van der Waals surface area contributed by atoms with Crippen LogP contribution in [0.4, 0.5) is 5.69 Å². The molecule has 0 fully saturated rings. The summed E-state index contributed by atoms with van der Waals surface area (Å²) >= 11 is 5.57. The number of esters is 1. The Labute approximate surface area is 139 Å². The highest BCUT2D eigenvalue weighted by Gasteiger charge is 2.24. The monoisotopic (exact) mass is 409 g/mol.